The van der Waals surface area contributed by atoms with Crippen LogP contribution in [0.4, 0.5) is 11.4 Å². The standard InChI is InChI=1S/C28H32N4O4/c1-27(2,3)22-15-18(16-23(25(22)34)28(4,5)6)26(30-20-10-8-7-9-11-20)31-29-17-19-14-21(32(35)36)12-13-24(19)33/h7-17,33-34H,1-6H3,(H,30,31). The molecule has 8 nitrogen and oxygen atoms in total. The monoisotopic (exact) mass is 488 g/mol. The molecule has 0 aromatic heterocycles. The Morgan fingerprint density at radius 2 is 1.50 bits per heavy atom. The van der Waals surface area contributed by atoms with Crippen LogP contribution in [-0.2, 0) is 10.8 Å². The van der Waals surface area contributed by atoms with Crippen molar-refractivity contribution in [1.82, 2.24) is 5.43 Å². The van der Waals surface area contributed by atoms with Gasteiger partial charge in [-0.05, 0) is 41.2 Å². The number of nitrogens with zero attached hydrogens (tertiary/aromatic N) is 3. The van der Waals surface area contributed by atoms with E-state index in [9.17, 15) is 20.3 Å². The lowest BCUT2D eigenvalue weighted by Crippen LogP contribution is -2.23. The highest BCUT2D eigenvalue weighted by molar-refractivity contribution is 6.01. The number of phenolic OH excluding ortho intramolecular Hbond substituents is 2. The second-order valence-electron chi connectivity index (χ2n) is 10.6. The molecule has 8 heteroatoms. The zero-order chi connectivity index (χ0) is 26.7. The predicted molar refractivity (Wildman–Crippen MR) is 144 cm³/mol. The number of aliphatic imine (C=N–C) groups is 1. The Morgan fingerprint density at radius 1 is 0.917 bits per heavy atom. The summed E-state index contributed by atoms with van der Waals surface area (Å²) in [5, 5.41) is 36.6. The first-order chi connectivity index (χ1) is 16.8. The van der Waals surface area contributed by atoms with E-state index in [4.69, 9.17) is 4.99 Å². The molecule has 0 fully saturated rings. The molecule has 0 aliphatic rings. The molecule has 0 unspecified atom stereocenters. The molecular formula is C28H32N4O4. The SMILES string of the molecule is CC(C)(C)c1cc(C(=Nc2ccccc2)NN=Cc2cc([N+](=O)[O-])ccc2O)cc(C(C)(C)C)c1O. The number of nitro groups is 1. The lowest BCUT2D eigenvalue weighted by atomic mass is 9.78. The maximum absolute atomic E-state index is 11.1. The molecule has 3 aromatic carbocycles. The van der Waals surface area contributed by atoms with Crippen molar-refractivity contribution in [2.24, 2.45) is 10.1 Å². The lowest BCUT2D eigenvalue weighted by Gasteiger charge is -2.28. The van der Waals surface area contributed by atoms with Crippen molar-refractivity contribution in [2.45, 2.75) is 52.4 Å². The van der Waals surface area contributed by atoms with Crippen LogP contribution in [0.1, 0.15) is 63.8 Å². The normalized spacial score (nSPS) is 12.7. The topological polar surface area (TPSA) is 120 Å². The van der Waals surface area contributed by atoms with E-state index in [2.05, 4.69) is 10.5 Å². The van der Waals surface area contributed by atoms with Crippen LogP contribution in [0.5, 0.6) is 11.5 Å². The van der Waals surface area contributed by atoms with Gasteiger partial charge >= 0.3 is 0 Å². The number of para-hydroxylation sites is 1. The molecule has 0 aliphatic carbocycles. The molecule has 36 heavy (non-hydrogen) atoms. The summed E-state index contributed by atoms with van der Waals surface area (Å²) in [6.07, 6.45) is 1.30. The highest BCUT2D eigenvalue weighted by Crippen LogP contribution is 2.40. The number of hydrogen-bond acceptors (Lipinski definition) is 6. The van der Waals surface area contributed by atoms with Gasteiger partial charge < -0.3 is 10.2 Å². The number of phenols is 2. The Balaban J connectivity index is 2.13. The molecule has 0 heterocycles. The minimum atomic E-state index is -0.537. The van der Waals surface area contributed by atoms with Gasteiger partial charge in [0.1, 0.15) is 11.5 Å². The molecule has 0 aliphatic heterocycles. The quantitative estimate of drug-likeness (QED) is 0.168. The van der Waals surface area contributed by atoms with Crippen molar-refractivity contribution in [3.8, 4) is 11.5 Å². The third-order valence-electron chi connectivity index (χ3n) is 5.59. The van der Waals surface area contributed by atoms with Crippen molar-refractivity contribution in [3.63, 3.8) is 0 Å². The summed E-state index contributed by atoms with van der Waals surface area (Å²) in [5.41, 5.74) is 5.25. The first kappa shape index (κ1) is 26.4. The lowest BCUT2D eigenvalue weighted by molar-refractivity contribution is -0.384. The van der Waals surface area contributed by atoms with Gasteiger partial charge in [-0.25, -0.2) is 4.99 Å². The van der Waals surface area contributed by atoms with Crippen LogP contribution in [0.3, 0.4) is 0 Å². The van der Waals surface area contributed by atoms with Crippen molar-refractivity contribution in [1.29, 1.82) is 0 Å². The van der Waals surface area contributed by atoms with Gasteiger partial charge in [0, 0.05) is 34.4 Å². The van der Waals surface area contributed by atoms with E-state index in [1.807, 2.05) is 84.0 Å². The summed E-state index contributed by atoms with van der Waals surface area (Å²) < 4.78 is 0. The number of hydrazone groups is 1. The Hall–Kier alpha value is -4.20. The molecule has 3 rings (SSSR count). The van der Waals surface area contributed by atoms with Crippen LogP contribution < -0.4 is 5.43 Å². The van der Waals surface area contributed by atoms with E-state index in [0.717, 1.165) is 11.1 Å². The van der Waals surface area contributed by atoms with Crippen LogP contribution in [-0.4, -0.2) is 27.2 Å². The van der Waals surface area contributed by atoms with Crippen LogP contribution >= 0.6 is 0 Å². The van der Waals surface area contributed by atoms with Gasteiger partial charge in [0.2, 0.25) is 0 Å². The summed E-state index contributed by atoms with van der Waals surface area (Å²) in [5.74, 6) is 0.531. The zero-order valence-electron chi connectivity index (χ0n) is 21.4. The first-order valence-electron chi connectivity index (χ1n) is 11.6. The van der Waals surface area contributed by atoms with Gasteiger partial charge in [-0.15, -0.1) is 0 Å². The minimum absolute atomic E-state index is 0.137. The van der Waals surface area contributed by atoms with Crippen LogP contribution in [0.2, 0.25) is 0 Å². The fourth-order valence-corrected chi connectivity index (χ4v) is 3.62. The minimum Gasteiger partial charge on any atom is -0.507 e. The van der Waals surface area contributed by atoms with E-state index in [1.54, 1.807) is 0 Å². The maximum atomic E-state index is 11.1. The first-order valence-corrected chi connectivity index (χ1v) is 11.6. The van der Waals surface area contributed by atoms with Gasteiger partial charge in [0.05, 0.1) is 16.8 Å². The van der Waals surface area contributed by atoms with Gasteiger partial charge in [0.15, 0.2) is 5.84 Å². The molecule has 3 aromatic rings. The Bertz CT molecular complexity index is 1280. The highest BCUT2D eigenvalue weighted by Gasteiger charge is 2.27. The summed E-state index contributed by atoms with van der Waals surface area (Å²) in [6.45, 7) is 12.2. The molecule has 0 saturated heterocycles. The third-order valence-corrected chi connectivity index (χ3v) is 5.59. The molecule has 0 radical (unpaired) electrons. The van der Waals surface area contributed by atoms with Crippen molar-refractivity contribution >= 4 is 23.4 Å². The molecule has 0 spiro atoms. The molecule has 0 bridgehead atoms. The molecule has 3 N–H and O–H groups in total. The Labute approximate surface area is 211 Å². The molecule has 0 amide bonds. The molecule has 188 valence electrons. The van der Waals surface area contributed by atoms with Gasteiger partial charge in [0.25, 0.3) is 5.69 Å². The van der Waals surface area contributed by atoms with Crippen LogP contribution in [0.25, 0.3) is 0 Å². The fraction of sp³-hybridized carbons (Fsp3) is 0.286. The molecule has 0 atom stereocenters. The number of hydrogen-bond donors (Lipinski definition) is 3. The Morgan fingerprint density at radius 3 is 2.03 bits per heavy atom. The smallest absolute Gasteiger partial charge is 0.270 e. The third kappa shape index (κ3) is 6.27. The molecule has 0 saturated carbocycles. The van der Waals surface area contributed by atoms with Crippen molar-refractivity contribution in [2.75, 3.05) is 0 Å². The number of benzene rings is 3. The summed E-state index contributed by atoms with van der Waals surface area (Å²) in [6, 6.07) is 16.8. The van der Waals surface area contributed by atoms with Gasteiger partial charge in [-0.2, -0.15) is 5.10 Å². The average molecular weight is 489 g/mol. The zero-order valence-corrected chi connectivity index (χ0v) is 21.4. The average Bonchev–Trinajstić information content (AvgIpc) is 2.78. The fourth-order valence-electron chi connectivity index (χ4n) is 3.62. The second-order valence-corrected chi connectivity index (χ2v) is 10.6. The van der Waals surface area contributed by atoms with E-state index in [1.165, 1.54) is 24.4 Å². The van der Waals surface area contributed by atoms with Crippen LogP contribution in [0, 0.1) is 10.1 Å². The van der Waals surface area contributed by atoms with E-state index in [0.29, 0.717) is 17.1 Å². The predicted octanol–water partition coefficient (Wildman–Crippen LogP) is 6.30. The Kier molecular flexibility index (Phi) is 7.48. The maximum Gasteiger partial charge on any atom is 0.270 e. The number of rotatable bonds is 5. The largest absolute Gasteiger partial charge is 0.507 e. The summed E-state index contributed by atoms with van der Waals surface area (Å²) in [4.78, 5) is 15.3. The van der Waals surface area contributed by atoms with E-state index in [-0.39, 0.29) is 33.6 Å². The summed E-state index contributed by atoms with van der Waals surface area (Å²) >= 11 is 0. The second kappa shape index (κ2) is 10.2. The van der Waals surface area contributed by atoms with E-state index >= 15 is 0 Å². The number of non-ortho nitro benzene ring substituents is 1. The number of aromatic hydroxyl groups is 2. The van der Waals surface area contributed by atoms with Crippen molar-refractivity contribution in [3.05, 3.63) is 93.0 Å². The number of nitro benzene ring substituents is 1. The summed E-state index contributed by atoms with van der Waals surface area (Å²) in [7, 11) is 0. The molecular weight excluding hydrogens is 456 g/mol. The van der Waals surface area contributed by atoms with Gasteiger partial charge in [-0.1, -0.05) is 59.7 Å². The number of nitrogens with one attached hydrogen (secondary N) is 1. The van der Waals surface area contributed by atoms with Crippen molar-refractivity contribution < 1.29 is 15.1 Å². The highest BCUT2D eigenvalue weighted by atomic mass is 16.6. The van der Waals surface area contributed by atoms with Crippen LogP contribution in [0.15, 0.2) is 70.8 Å². The number of amidine groups is 1. The van der Waals surface area contributed by atoms with Gasteiger partial charge in [-0.3, -0.25) is 15.5 Å². The van der Waals surface area contributed by atoms with E-state index < -0.39 is 4.92 Å².